The van der Waals surface area contributed by atoms with Crippen molar-refractivity contribution in [3.05, 3.63) is 71.1 Å². The number of aromatic nitrogens is 1. The van der Waals surface area contributed by atoms with Gasteiger partial charge in [-0.15, -0.1) is 11.3 Å². The third-order valence-electron chi connectivity index (χ3n) is 4.39. The van der Waals surface area contributed by atoms with E-state index in [1.807, 2.05) is 11.4 Å². The minimum Gasteiger partial charge on any atom is -0.495 e. The van der Waals surface area contributed by atoms with Gasteiger partial charge in [0, 0.05) is 5.02 Å². The summed E-state index contributed by atoms with van der Waals surface area (Å²) in [5.41, 5.74) is 0.511. The molecule has 0 radical (unpaired) electrons. The fourth-order valence-electron chi connectivity index (χ4n) is 2.85. The van der Waals surface area contributed by atoms with Gasteiger partial charge in [0.05, 0.1) is 28.3 Å². The van der Waals surface area contributed by atoms with Gasteiger partial charge in [0.1, 0.15) is 5.75 Å². The van der Waals surface area contributed by atoms with E-state index in [9.17, 15) is 13.2 Å². The molecule has 0 aliphatic carbocycles. The van der Waals surface area contributed by atoms with Gasteiger partial charge in [0.25, 0.3) is 0 Å². The van der Waals surface area contributed by atoms with E-state index in [4.69, 9.17) is 20.8 Å². The summed E-state index contributed by atoms with van der Waals surface area (Å²) in [6.45, 7) is 0. The number of methoxy groups -OCH3 is 1. The summed E-state index contributed by atoms with van der Waals surface area (Å²) in [5.74, 6) is 0.236. The molecule has 0 aliphatic rings. The van der Waals surface area contributed by atoms with Crippen LogP contribution in [-0.4, -0.2) is 32.2 Å². The number of oxazole rings is 1. The molecule has 0 atom stereocenters. The fourth-order valence-corrected chi connectivity index (χ4v) is 5.95. The van der Waals surface area contributed by atoms with Gasteiger partial charge < -0.3 is 14.5 Å². The van der Waals surface area contributed by atoms with Crippen LogP contribution in [0.3, 0.4) is 0 Å². The van der Waals surface area contributed by atoms with Crippen LogP contribution in [-0.2, 0) is 14.6 Å². The number of sulfone groups is 1. The van der Waals surface area contributed by atoms with Gasteiger partial charge in [-0.05, 0) is 47.8 Å². The maximum atomic E-state index is 13.3. The summed E-state index contributed by atoms with van der Waals surface area (Å²) in [6, 6.07) is 16.4. The van der Waals surface area contributed by atoms with E-state index < -0.39 is 9.84 Å². The Morgan fingerprint density at radius 2 is 1.91 bits per heavy atom. The van der Waals surface area contributed by atoms with E-state index in [2.05, 4.69) is 10.3 Å². The molecule has 1 N–H and O–H groups in total. The summed E-state index contributed by atoms with van der Waals surface area (Å²) in [4.78, 5) is 17.5. The number of anilines is 1. The van der Waals surface area contributed by atoms with Gasteiger partial charge in [-0.25, -0.2) is 8.42 Å². The lowest BCUT2D eigenvalue weighted by Gasteiger charge is -2.09. The van der Waals surface area contributed by atoms with E-state index in [1.54, 1.807) is 30.3 Å². The van der Waals surface area contributed by atoms with Crippen molar-refractivity contribution in [3.63, 3.8) is 0 Å². The van der Waals surface area contributed by atoms with Crippen molar-refractivity contribution in [2.75, 3.05) is 18.2 Å². The molecule has 0 fully saturated rings. The van der Waals surface area contributed by atoms with Gasteiger partial charge in [-0.1, -0.05) is 41.6 Å². The molecule has 0 saturated heterocycles. The normalized spacial score (nSPS) is 11.3. The molecule has 0 bridgehead atoms. The molecule has 2 aromatic carbocycles. The van der Waals surface area contributed by atoms with Crippen LogP contribution in [0, 0.1) is 0 Å². The average Bonchev–Trinajstić information content (AvgIpc) is 3.49. The second kappa shape index (κ2) is 10.0. The smallest absolute Gasteiger partial charge is 0.238 e. The first-order valence-corrected chi connectivity index (χ1v) is 13.2. The maximum Gasteiger partial charge on any atom is 0.238 e. The average molecular weight is 521 g/mol. The van der Waals surface area contributed by atoms with Crippen LogP contribution < -0.4 is 10.1 Å². The lowest BCUT2D eigenvalue weighted by molar-refractivity contribution is -0.113. The first-order valence-electron chi connectivity index (χ1n) is 9.49. The molecule has 1 amide bonds. The summed E-state index contributed by atoms with van der Waals surface area (Å²) in [7, 11) is -2.50. The Balaban J connectivity index is 1.61. The SMILES string of the molecule is COc1ccccc1NC(=O)CSc1oc(-c2cccs2)nc1S(=O)(=O)c1ccc(Cl)cc1. The zero-order chi connectivity index (χ0) is 23.4. The molecule has 2 heterocycles. The summed E-state index contributed by atoms with van der Waals surface area (Å²) >= 11 is 8.21. The first-order chi connectivity index (χ1) is 15.9. The Kier molecular flexibility index (Phi) is 7.08. The molecule has 170 valence electrons. The van der Waals surface area contributed by atoms with Crippen molar-refractivity contribution < 1.29 is 22.4 Å². The molecular formula is C22H17ClN2O5S3. The number of nitrogens with one attached hydrogen (secondary N) is 1. The summed E-state index contributed by atoms with van der Waals surface area (Å²) in [6.07, 6.45) is 0. The lowest BCUT2D eigenvalue weighted by Crippen LogP contribution is -2.15. The first kappa shape index (κ1) is 23.4. The number of hydrogen-bond donors (Lipinski definition) is 1. The largest absolute Gasteiger partial charge is 0.495 e. The fraction of sp³-hybridized carbons (Fsp3) is 0.0909. The number of carbonyl (C=O) groups excluding carboxylic acids is 1. The van der Waals surface area contributed by atoms with Crippen molar-refractivity contribution in [2.45, 2.75) is 15.0 Å². The molecule has 0 saturated carbocycles. The van der Waals surface area contributed by atoms with Crippen LogP contribution in [0.2, 0.25) is 5.02 Å². The molecule has 0 spiro atoms. The van der Waals surface area contributed by atoms with Crippen molar-refractivity contribution in [1.82, 2.24) is 4.98 Å². The highest BCUT2D eigenvalue weighted by atomic mass is 35.5. The molecule has 0 unspecified atom stereocenters. The van der Waals surface area contributed by atoms with Crippen LogP contribution in [0.5, 0.6) is 5.75 Å². The second-order valence-electron chi connectivity index (χ2n) is 6.58. The number of nitrogens with zero attached hydrogens (tertiary/aromatic N) is 1. The Morgan fingerprint density at radius 1 is 1.15 bits per heavy atom. The number of thiophene rings is 1. The van der Waals surface area contributed by atoms with Gasteiger partial charge in [-0.3, -0.25) is 4.79 Å². The maximum absolute atomic E-state index is 13.3. The van der Waals surface area contributed by atoms with Crippen molar-refractivity contribution in [1.29, 1.82) is 0 Å². The lowest BCUT2D eigenvalue weighted by atomic mass is 10.3. The Labute approximate surface area is 203 Å². The predicted octanol–water partition coefficient (Wildman–Crippen LogP) is 5.63. The van der Waals surface area contributed by atoms with E-state index in [0.29, 0.717) is 21.3 Å². The molecule has 0 aliphatic heterocycles. The van der Waals surface area contributed by atoms with E-state index >= 15 is 0 Å². The summed E-state index contributed by atoms with van der Waals surface area (Å²) in [5, 5.41) is 4.78. The molecule has 4 rings (SSSR count). The Morgan fingerprint density at radius 3 is 2.61 bits per heavy atom. The monoisotopic (exact) mass is 520 g/mol. The molecule has 33 heavy (non-hydrogen) atoms. The van der Waals surface area contributed by atoms with Gasteiger partial charge in [-0.2, -0.15) is 4.98 Å². The molecule has 11 heteroatoms. The number of para-hydroxylation sites is 2. The quantitative estimate of drug-likeness (QED) is 0.301. The minimum absolute atomic E-state index is 0.0262. The van der Waals surface area contributed by atoms with Crippen LogP contribution in [0.4, 0.5) is 5.69 Å². The Hall–Kier alpha value is -2.79. The van der Waals surface area contributed by atoms with Crippen LogP contribution in [0.1, 0.15) is 0 Å². The third-order valence-corrected chi connectivity index (χ3v) is 8.26. The van der Waals surface area contributed by atoms with Crippen LogP contribution in [0.25, 0.3) is 10.8 Å². The number of halogens is 1. The Bertz CT molecular complexity index is 1370. The number of rotatable bonds is 8. The molecule has 4 aromatic rings. The number of benzene rings is 2. The number of ether oxygens (including phenoxy) is 1. The second-order valence-corrected chi connectivity index (χ2v) is 10.8. The van der Waals surface area contributed by atoms with Crippen molar-refractivity contribution in [2.24, 2.45) is 0 Å². The highest BCUT2D eigenvalue weighted by Gasteiger charge is 2.29. The van der Waals surface area contributed by atoms with Crippen molar-refractivity contribution in [3.8, 4) is 16.5 Å². The standard InChI is InChI=1S/C22H17ClN2O5S3/c1-29-17-6-3-2-5-16(17)24-19(26)13-32-22-21(25-20(30-22)18-7-4-12-31-18)33(27,28)15-10-8-14(23)9-11-15/h2-12H,13H2,1H3,(H,24,26). The third kappa shape index (κ3) is 5.25. The van der Waals surface area contributed by atoms with Gasteiger partial charge in [0.2, 0.25) is 31.8 Å². The van der Waals surface area contributed by atoms with E-state index in [-0.39, 0.29) is 32.6 Å². The zero-order valence-electron chi connectivity index (χ0n) is 17.1. The predicted molar refractivity (Wildman–Crippen MR) is 129 cm³/mol. The van der Waals surface area contributed by atoms with Gasteiger partial charge >= 0.3 is 0 Å². The number of amides is 1. The van der Waals surface area contributed by atoms with Gasteiger partial charge in [0.15, 0.2) is 0 Å². The number of thioether (sulfide) groups is 1. The highest BCUT2D eigenvalue weighted by molar-refractivity contribution is 8.00. The number of carbonyl (C=O) groups is 1. The van der Waals surface area contributed by atoms with E-state index in [1.165, 1.54) is 42.7 Å². The summed E-state index contributed by atoms with van der Waals surface area (Å²) < 4.78 is 37.6. The minimum atomic E-state index is -4.01. The molecule has 2 aromatic heterocycles. The molecular weight excluding hydrogens is 504 g/mol. The zero-order valence-corrected chi connectivity index (χ0v) is 20.4. The topological polar surface area (TPSA) is 98.5 Å². The van der Waals surface area contributed by atoms with Crippen LogP contribution in [0.15, 0.2) is 85.5 Å². The van der Waals surface area contributed by atoms with Crippen molar-refractivity contribution >= 4 is 56.1 Å². The van der Waals surface area contributed by atoms with E-state index in [0.717, 1.165) is 11.8 Å². The molecule has 7 nitrogen and oxygen atoms in total. The number of hydrogen-bond acceptors (Lipinski definition) is 8. The van der Waals surface area contributed by atoms with Crippen LogP contribution >= 0.6 is 34.7 Å². The highest BCUT2D eigenvalue weighted by Crippen LogP contribution is 2.36.